The first kappa shape index (κ1) is 19.9. The zero-order valence-electron chi connectivity index (χ0n) is 17.7. The van der Waals surface area contributed by atoms with Crippen molar-refractivity contribution in [1.82, 2.24) is 10.2 Å². The van der Waals surface area contributed by atoms with Crippen LogP contribution >= 0.6 is 0 Å². The molecule has 1 aromatic heterocycles. The number of anilines is 2. The summed E-state index contributed by atoms with van der Waals surface area (Å²) in [5, 5.41) is 24.0. The van der Waals surface area contributed by atoms with Crippen molar-refractivity contribution in [2.75, 3.05) is 5.32 Å². The molecule has 0 saturated heterocycles. The highest BCUT2D eigenvalue weighted by atomic mass is 16.3. The number of nitrogens with one attached hydrogen (secondary N) is 1. The Bertz CT molecular complexity index is 1170. The summed E-state index contributed by atoms with van der Waals surface area (Å²) in [6.45, 7) is 6.81. The molecule has 4 aromatic rings. The molecule has 0 amide bonds. The number of nitrogens with zero attached hydrogens (tertiary/aromatic N) is 2. The van der Waals surface area contributed by atoms with Crippen LogP contribution < -0.4 is 5.32 Å². The lowest BCUT2D eigenvalue weighted by Crippen LogP contribution is -2.16. The first-order valence-electron chi connectivity index (χ1n) is 10.4. The zero-order chi connectivity index (χ0) is 21.1. The fourth-order valence-electron chi connectivity index (χ4n) is 3.98. The van der Waals surface area contributed by atoms with E-state index < -0.39 is 0 Å². The van der Waals surface area contributed by atoms with Crippen molar-refractivity contribution in [2.24, 2.45) is 0 Å². The number of aromatic nitrogens is 2. The van der Waals surface area contributed by atoms with Gasteiger partial charge in [-0.05, 0) is 29.5 Å². The van der Waals surface area contributed by atoms with Gasteiger partial charge >= 0.3 is 0 Å². The highest BCUT2D eigenvalue weighted by Gasteiger charge is 2.19. The van der Waals surface area contributed by atoms with Crippen molar-refractivity contribution >= 4 is 22.3 Å². The second kappa shape index (κ2) is 8.15. The van der Waals surface area contributed by atoms with Crippen LogP contribution in [0.4, 0.5) is 11.5 Å². The summed E-state index contributed by atoms with van der Waals surface area (Å²) in [7, 11) is 0. The van der Waals surface area contributed by atoms with E-state index in [0.29, 0.717) is 5.82 Å². The lowest BCUT2D eigenvalue weighted by atomic mass is 9.80. The fourth-order valence-corrected chi connectivity index (χ4v) is 3.98. The number of phenolic OH excluding ortho intramolecular Hbond substituents is 1. The van der Waals surface area contributed by atoms with Crippen LogP contribution in [-0.2, 0) is 5.41 Å². The van der Waals surface area contributed by atoms with E-state index in [4.69, 9.17) is 0 Å². The third-order valence-corrected chi connectivity index (χ3v) is 5.61. The van der Waals surface area contributed by atoms with E-state index in [1.165, 1.54) is 12.0 Å². The van der Waals surface area contributed by atoms with Gasteiger partial charge in [-0.2, -0.15) is 0 Å². The average Bonchev–Trinajstić information content (AvgIpc) is 2.74. The molecule has 0 bridgehead atoms. The number of aromatic hydroxyl groups is 1. The second-order valence-electron chi connectivity index (χ2n) is 8.33. The highest BCUT2D eigenvalue weighted by Crippen LogP contribution is 2.34. The molecule has 0 radical (unpaired) electrons. The van der Waals surface area contributed by atoms with Gasteiger partial charge in [0, 0.05) is 28.1 Å². The molecule has 0 aliphatic carbocycles. The predicted octanol–water partition coefficient (Wildman–Crippen LogP) is 6.82. The van der Waals surface area contributed by atoms with Gasteiger partial charge in [0.15, 0.2) is 5.82 Å². The van der Waals surface area contributed by atoms with E-state index in [-0.39, 0.29) is 11.2 Å². The smallest absolute Gasteiger partial charge is 0.161 e. The van der Waals surface area contributed by atoms with Crippen molar-refractivity contribution in [3.05, 3.63) is 78.4 Å². The number of phenols is 1. The monoisotopic (exact) mass is 397 g/mol. The summed E-state index contributed by atoms with van der Waals surface area (Å²) < 4.78 is 0. The third kappa shape index (κ3) is 3.99. The third-order valence-electron chi connectivity index (χ3n) is 5.61. The minimum absolute atomic E-state index is 0.163. The van der Waals surface area contributed by atoms with Gasteiger partial charge in [-0.3, -0.25) is 0 Å². The molecule has 0 atom stereocenters. The fraction of sp³-hybridized carbons (Fsp3) is 0.231. The first-order valence-corrected chi connectivity index (χ1v) is 10.4. The Kier molecular flexibility index (Phi) is 5.40. The Morgan fingerprint density at radius 3 is 2.30 bits per heavy atom. The number of hydrogen-bond donors (Lipinski definition) is 2. The maximum absolute atomic E-state index is 9.73. The van der Waals surface area contributed by atoms with Crippen molar-refractivity contribution in [2.45, 2.75) is 39.0 Å². The molecule has 1 heterocycles. The van der Waals surface area contributed by atoms with E-state index in [9.17, 15) is 5.11 Å². The van der Waals surface area contributed by atoms with Crippen LogP contribution in [0, 0.1) is 0 Å². The Labute approximate surface area is 177 Å². The van der Waals surface area contributed by atoms with Crippen molar-refractivity contribution in [3.63, 3.8) is 0 Å². The Morgan fingerprint density at radius 1 is 0.867 bits per heavy atom. The van der Waals surface area contributed by atoms with E-state index in [2.05, 4.69) is 66.6 Å². The summed E-state index contributed by atoms with van der Waals surface area (Å²) in [4.78, 5) is 0. The van der Waals surface area contributed by atoms with Gasteiger partial charge in [0.25, 0.3) is 0 Å². The molecule has 4 rings (SSSR count). The average molecular weight is 398 g/mol. The molecule has 0 aliphatic rings. The minimum atomic E-state index is 0.163. The molecular weight excluding hydrogens is 370 g/mol. The maximum Gasteiger partial charge on any atom is 0.161 e. The van der Waals surface area contributed by atoms with Gasteiger partial charge in [0.1, 0.15) is 11.4 Å². The zero-order valence-corrected chi connectivity index (χ0v) is 17.7. The van der Waals surface area contributed by atoms with E-state index in [0.717, 1.165) is 34.1 Å². The SMILES string of the molecule is CCCC(C)(C)c1ccc(-c2nnc(Nc3cccc(O)c3)c3ccccc23)cc1. The van der Waals surface area contributed by atoms with Gasteiger partial charge in [-0.25, -0.2) is 0 Å². The lowest BCUT2D eigenvalue weighted by molar-refractivity contribution is 0.473. The van der Waals surface area contributed by atoms with Gasteiger partial charge in [-0.15, -0.1) is 10.2 Å². The van der Waals surface area contributed by atoms with Gasteiger partial charge in [0.05, 0.1) is 0 Å². The standard InChI is InChI=1S/C26H27N3O/c1-4-16-26(2,3)19-14-12-18(13-15-19)24-22-10-5-6-11-23(22)25(29-28-24)27-20-8-7-9-21(30)17-20/h5-15,17,30H,4,16H2,1-3H3,(H,27,29). The van der Waals surface area contributed by atoms with Crippen molar-refractivity contribution in [1.29, 1.82) is 0 Å². The molecule has 0 fully saturated rings. The lowest BCUT2D eigenvalue weighted by Gasteiger charge is -2.25. The molecule has 2 N–H and O–H groups in total. The Morgan fingerprint density at radius 2 is 1.60 bits per heavy atom. The van der Waals surface area contributed by atoms with E-state index in [1.54, 1.807) is 18.2 Å². The van der Waals surface area contributed by atoms with Crippen LogP contribution in [-0.4, -0.2) is 15.3 Å². The topological polar surface area (TPSA) is 58.0 Å². The molecular formula is C26H27N3O. The van der Waals surface area contributed by atoms with Crippen molar-refractivity contribution in [3.8, 4) is 17.0 Å². The first-order chi connectivity index (χ1) is 14.5. The minimum Gasteiger partial charge on any atom is -0.508 e. The summed E-state index contributed by atoms with van der Waals surface area (Å²) in [6, 6.07) is 23.8. The molecule has 3 aromatic carbocycles. The Balaban J connectivity index is 1.73. The van der Waals surface area contributed by atoms with E-state index >= 15 is 0 Å². The summed E-state index contributed by atoms with van der Waals surface area (Å²) >= 11 is 0. The summed E-state index contributed by atoms with van der Waals surface area (Å²) in [5.74, 6) is 0.876. The molecule has 0 aliphatic heterocycles. The van der Waals surface area contributed by atoms with Gasteiger partial charge in [0.2, 0.25) is 0 Å². The van der Waals surface area contributed by atoms with Gasteiger partial charge < -0.3 is 10.4 Å². The molecule has 0 unspecified atom stereocenters. The van der Waals surface area contributed by atoms with Crippen LogP contribution in [0.25, 0.3) is 22.0 Å². The molecule has 152 valence electrons. The van der Waals surface area contributed by atoms with Crippen LogP contribution in [0.15, 0.2) is 72.8 Å². The van der Waals surface area contributed by atoms with Crippen LogP contribution in [0.5, 0.6) is 5.75 Å². The maximum atomic E-state index is 9.73. The number of benzene rings is 3. The molecule has 4 nitrogen and oxygen atoms in total. The Hall–Kier alpha value is -3.40. The molecule has 30 heavy (non-hydrogen) atoms. The van der Waals surface area contributed by atoms with Crippen LogP contribution in [0.3, 0.4) is 0 Å². The molecule has 4 heteroatoms. The molecule has 0 saturated carbocycles. The van der Waals surface area contributed by atoms with E-state index in [1.807, 2.05) is 24.3 Å². The van der Waals surface area contributed by atoms with Crippen LogP contribution in [0.2, 0.25) is 0 Å². The number of rotatable bonds is 6. The summed E-state index contributed by atoms with van der Waals surface area (Å²) in [6.07, 6.45) is 2.32. The highest BCUT2D eigenvalue weighted by molar-refractivity contribution is 6.00. The molecule has 0 spiro atoms. The number of fused-ring (bicyclic) bond motifs is 1. The number of hydrogen-bond acceptors (Lipinski definition) is 4. The van der Waals surface area contributed by atoms with Gasteiger partial charge in [-0.1, -0.05) is 81.8 Å². The normalized spacial score (nSPS) is 11.6. The van der Waals surface area contributed by atoms with Crippen molar-refractivity contribution < 1.29 is 5.11 Å². The second-order valence-corrected chi connectivity index (χ2v) is 8.33. The quantitative estimate of drug-likeness (QED) is 0.375. The largest absolute Gasteiger partial charge is 0.508 e. The predicted molar refractivity (Wildman–Crippen MR) is 124 cm³/mol. The summed E-state index contributed by atoms with van der Waals surface area (Å²) in [5.41, 5.74) is 4.19. The van der Waals surface area contributed by atoms with Crippen LogP contribution in [0.1, 0.15) is 39.2 Å².